The minimum Gasteiger partial charge on any atom is -0.481 e. The maximum absolute atomic E-state index is 12.0. The molecule has 122 valence electrons. The van der Waals surface area contributed by atoms with Crippen LogP contribution in [0.4, 0.5) is 0 Å². The number of hydrogen-bond acceptors (Lipinski definition) is 3. The van der Waals surface area contributed by atoms with E-state index in [9.17, 15) is 4.79 Å². The summed E-state index contributed by atoms with van der Waals surface area (Å²) < 4.78 is 5.68. The molecule has 1 atom stereocenters. The summed E-state index contributed by atoms with van der Waals surface area (Å²) in [6.07, 6.45) is -0.570. The molecule has 0 aliphatic heterocycles. The summed E-state index contributed by atoms with van der Waals surface area (Å²) in [6, 6.07) is 17.8. The van der Waals surface area contributed by atoms with Crippen LogP contribution in [0.1, 0.15) is 20.8 Å². The van der Waals surface area contributed by atoms with Gasteiger partial charge in [0, 0.05) is 12.1 Å². The molecule has 0 aliphatic carbocycles. The molecule has 0 spiro atoms. The summed E-state index contributed by atoms with van der Waals surface area (Å²) in [6.45, 7) is 5.86. The quantitative estimate of drug-likeness (QED) is 0.862. The van der Waals surface area contributed by atoms with Crippen molar-refractivity contribution in [1.29, 1.82) is 0 Å². The van der Waals surface area contributed by atoms with Crippen LogP contribution in [0.15, 0.2) is 54.6 Å². The van der Waals surface area contributed by atoms with Crippen LogP contribution >= 0.6 is 0 Å². The zero-order chi connectivity index (χ0) is 16.9. The fraction of sp³-hybridized carbons (Fsp3) is 0.316. The molecule has 0 aliphatic rings. The van der Waals surface area contributed by atoms with Crippen LogP contribution in [-0.4, -0.2) is 24.1 Å². The van der Waals surface area contributed by atoms with E-state index in [2.05, 4.69) is 17.4 Å². The molecular weight excluding hydrogens is 288 g/mol. The average Bonchev–Trinajstić information content (AvgIpc) is 2.53. The molecule has 0 bridgehead atoms. The molecule has 0 radical (unpaired) electrons. The van der Waals surface area contributed by atoms with Gasteiger partial charge in [0.2, 0.25) is 0 Å². The van der Waals surface area contributed by atoms with Crippen molar-refractivity contribution < 1.29 is 9.53 Å². The fourth-order valence-corrected chi connectivity index (χ4v) is 2.07. The zero-order valence-electron chi connectivity index (χ0n) is 13.9. The first kappa shape index (κ1) is 17.0. The van der Waals surface area contributed by atoms with Gasteiger partial charge in [0.15, 0.2) is 6.10 Å². The number of rotatable bonds is 6. The highest BCUT2D eigenvalue weighted by Crippen LogP contribution is 2.22. The number of amides is 1. The third-order valence-electron chi connectivity index (χ3n) is 3.36. The highest BCUT2D eigenvalue weighted by atomic mass is 16.5. The second-order valence-corrected chi connectivity index (χ2v) is 6.36. The zero-order valence-corrected chi connectivity index (χ0v) is 13.9. The molecule has 2 rings (SSSR count). The number of carbonyl (C=O) groups is 1. The summed E-state index contributed by atoms with van der Waals surface area (Å²) in [5.41, 5.74) is 7.67. The Bertz CT molecular complexity index is 631. The van der Waals surface area contributed by atoms with Crippen LogP contribution in [0.5, 0.6) is 5.75 Å². The van der Waals surface area contributed by atoms with Crippen molar-refractivity contribution in [2.24, 2.45) is 5.73 Å². The fourth-order valence-electron chi connectivity index (χ4n) is 2.07. The monoisotopic (exact) mass is 312 g/mol. The van der Waals surface area contributed by atoms with Gasteiger partial charge in [-0.1, -0.05) is 42.5 Å². The van der Waals surface area contributed by atoms with Gasteiger partial charge in [0.1, 0.15) is 5.75 Å². The molecule has 0 aromatic heterocycles. The van der Waals surface area contributed by atoms with Crippen LogP contribution < -0.4 is 15.8 Å². The Labute approximate surface area is 137 Å². The van der Waals surface area contributed by atoms with Crippen LogP contribution in [0.2, 0.25) is 0 Å². The maximum atomic E-state index is 12.0. The molecule has 0 heterocycles. The lowest BCUT2D eigenvalue weighted by molar-refractivity contribution is -0.127. The smallest absolute Gasteiger partial charge is 0.260 e. The van der Waals surface area contributed by atoms with E-state index >= 15 is 0 Å². The molecule has 0 saturated heterocycles. The lowest BCUT2D eigenvalue weighted by Gasteiger charge is -2.21. The predicted octanol–water partition coefficient (Wildman–Crippen LogP) is 2.97. The van der Waals surface area contributed by atoms with E-state index in [1.807, 2.05) is 56.3 Å². The Hall–Kier alpha value is -2.33. The predicted molar refractivity (Wildman–Crippen MR) is 93.2 cm³/mol. The van der Waals surface area contributed by atoms with Gasteiger partial charge in [-0.25, -0.2) is 0 Å². The largest absolute Gasteiger partial charge is 0.481 e. The van der Waals surface area contributed by atoms with Crippen LogP contribution in [0.3, 0.4) is 0 Å². The summed E-state index contributed by atoms with van der Waals surface area (Å²) in [7, 11) is 0. The first-order valence-electron chi connectivity index (χ1n) is 7.74. The molecule has 1 unspecified atom stereocenters. The van der Waals surface area contributed by atoms with E-state index in [-0.39, 0.29) is 5.91 Å². The Balaban J connectivity index is 1.94. The molecule has 0 saturated carbocycles. The molecule has 2 aromatic carbocycles. The number of ether oxygens (including phenoxy) is 1. The van der Waals surface area contributed by atoms with Gasteiger partial charge in [-0.3, -0.25) is 4.79 Å². The Morgan fingerprint density at radius 1 is 1.09 bits per heavy atom. The third-order valence-corrected chi connectivity index (χ3v) is 3.36. The normalized spacial score (nSPS) is 12.5. The van der Waals surface area contributed by atoms with Gasteiger partial charge in [0.25, 0.3) is 5.91 Å². The number of benzene rings is 2. The minimum absolute atomic E-state index is 0.171. The lowest BCUT2D eigenvalue weighted by Crippen LogP contribution is -2.48. The van der Waals surface area contributed by atoms with Crippen molar-refractivity contribution in [2.75, 3.05) is 6.54 Å². The van der Waals surface area contributed by atoms with Crippen LogP contribution in [-0.2, 0) is 4.79 Å². The second kappa shape index (κ2) is 7.29. The SMILES string of the molecule is CC(Oc1ccc(-c2ccccc2)cc1)C(=O)NCC(C)(C)N. The molecule has 1 amide bonds. The van der Waals surface area contributed by atoms with Gasteiger partial charge in [0.05, 0.1) is 0 Å². The Morgan fingerprint density at radius 2 is 1.65 bits per heavy atom. The van der Waals surface area contributed by atoms with Crippen molar-refractivity contribution >= 4 is 5.91 Å². The topological polar surface area (TPSA) is 64.3 Å². The maximum Gasteiger partial charge on any atom is 0.260 e. The van der Waals surface area contributed by atoms with Crippen molar-refractivity contribution in [2.45, 2.75) is 32.4 Å². The number of nitrogens with two attached hydrogens (primary N) is 1. The standard InChI is InChI=1S/C19H24N2O2/c1-14(18(22)21-13-19(2,3)20)23-17-11-9-16(10-12-17)15-7-5-4-6-8-15/h4-12,14H,13,20H2,1-3H3,(H,21,22). The number of carbonyl (C=O) groups excluding carboxylic acids is 1. The van der Waals surface area contributed by atoms with Gasteiger partial charge in [-0.15, -0.1) is 0 Å². The Morgan fingerprint density at radius 3 is 2.22 bits per heavy atom. The van der Waals surface area contributed by atoms with Gasteiger partial charge >= 0.3 is 0 Å². The van der Waals surface area contributed by atoms with Crippen molar-refractivity contribution in [1.82, 2.24) is 5.32 Å². The van der Waals surface area contributed by atoms with Gasteiger partial charge < -0.3 is 15.8 Å². The van der Waals surface area contributed by atoms with Gasteiger partial charge in [-0.2, -0.15) is 0 Å². The number of nitrogens with one attached hydrogen (secondary N) is 1. The second-order valence-electron chi connectivity index (χ2n) is 6.36. The summed E-state index contributed by atoms with van der Waals surface area (Å²) in [5, 5.41) is 2.79. The van der Waals surface area contributed by atoms with Crippen LogP contribution in [0, 0.1) is 0 Å². The first-order valence-corrected chi connectivity index (χ1v) is 7.74. The summed E-state index contributed by atoms with van der Waals surface area (Å²) >= 11 is 0. The molecule has 0 fully saturated rings. The van der Waals surface area contributed by atoms with Crippen molar-refractivity contribution in [3.05, 3.63) is 54.6 Å². The van der Waals surface area contributed by atoms with E-state index in [0.717, 1.165) is 11.1 Å². The molecular formula is C19H24N2O2. The van der Waals surface area contributed by atoms with E-state index in [1.54, 1.807) is 6.92 Å². The molecule has 4 heteroatoms. The molecule has 23 heavy (non-hydrogen) atoms. The van der Waals surface area contributed by atoms with E-state index in [0.29, 0.717) is 12.3 Å². The number of hydrogen-bond donors (Lipinski definition) is 2. The third kappa shape index (κ3) is 5.42. The molecule has 3 N–H and O–H groups in total. The van der Waals surface area contributed by atoms with E-state index < -0.39 is 11.6 Å². The Kier molecular flexibility index (Phi) is 5.40. The summed E-state index contributed by atoms with van der Waals surface area (Å²) in [4.78, 5) is 12.0. The highest BCUT2D eigenvalue weighted by Gasteiger charge is 2.18. The van der Waals surface area contributed by atoms with Gasteiger partial charge in [-0.05, 0) is 44.0 Å². The van der Waals surface area contributed by atoms with E-state index in [4.69, 9.17) is 10.5 Å². The lowest BCUT2D eigenvalue weighted by atomic mass is 10.1. The van der Waals surface area contributed by atoms with Crippen molar-refractivity contribution in [3.8, 4) is 16.9 Å². The molecule has 4 nitrogen and oxygen atoms in total. The average molecular weight is 312 g/mol. The van der Waals surface area contributed by atoms with Crippen LogP contribution in [0.25, 0.3) is 11.1 Å². The van der Waals surface area contributed by atoms with Crippen molar-refractivity contribution in [3.63, 3.8) is 0 Å². The van der Waals surface area contributed by atoms with E-state index in [1.165, 1.54) is 0 Å². The molecule has 2 aromatic rings. The first-order chi connectivity index (χ1) is 10.8. The minimum atomic E-state index is -0.570. The summed E-state index contributed by atoms with van der Waals surface area (Å²) in [5.74, 6) is 0.495. The highest BCUT2D eigenvalue weighted by molar-refractivity contribution is 5.80.